The van der Waals surface area contributed by atoms with Crippen molar-refractivity contribution in [3.05, 3.63) is 34.9 Å². The molecule has 0 atom stereocenters. The van der Waals surface area contributed by atoms with Crippen LogP contribution in [0.2, 0.25) is 0 Å². The van der Waals surface area contributed by atoms with Crippen LogP contribution in [-0.4, -0.2) is 36.2 Å². The van der Waals surface area contributed by atoms with Crippen LogP contribution in [0.4, 0.5) is 0 Å². The van der Waals surface area contributed by atoms with Crippen LogP contribution in [0, 0.1) is 0 Å². The average Bonchev–Trinajstić information content (AvgIpc) is 2.38. The van der Waals surface area contributed by atoms with Crippen molar-refractivity contribution in [3.8, 4) is 0 Å². The van der Waals surface area contributed by atoms with Crippen molar-refractivity contribution in [2.75, 3.05) is 26.2 Å². The molecule has 94 valence electrons. The number of hydrogen-bond donors (Lipinski definition) is 2. The molecular weight excluding hydrogens is 212 g/mol. The molecule has 0 saturated carbocycles. The molecule has 1 aliphatic rings. The molecule has 2 N–H and O–H groups in total. The van der Waals surface area contributed by atoms with Crippen LogP contribution in [0.5, 0.6) is 0 Å². The molecule has 0 aliphatic carbocycles. The number of rotatable bonds is 5. The minimum atomic E-state index is 0.205. The molecule has 1 aliphatic heterocycles. The first kappa shape index (κ1) is 12.6. The number of likely N-dealkylation sites (N-methyl/N-ethyl adjacent to an activating group) is 1. The zero-order valence-corrected chi connectivity index (χ0v) is 10.6. The maximum absolute atomic E-state index is 8.72. The van der Waals surface area contributed by atoms with Gasteiger partial charge in [0, 0.05) is 26.2 Å². The Morgan fingerprint density at radius 1 is 1.35 bits per heavy atom. The minimum absolute atomic E-state index is 0.205. The Morgan fingerprint density at radius 2 is 2.24 bits per heavy atom. The number of fused-ring (bicyclic) bond motifs is 1. The standard InChI is InChI=1S/C14H22N2O/c1-2-16-7-5-13-9-12(10-15-6-8-17)3-4-14(13)11-16/h3-4,9,15,17H,2,5-8,10-11H2,1H3. The number of aliphatic hydroxyl groups is 1. The molecule has 0 fully saturated rings. The van der Waals surface area contributed by atoms with E-state index in [9.17, 15) is 0 Å². The summed E-state index contributed by atoms with van der Waals surface area (Å²) in [4.78, 5) is 2.48. The lowest BCUT2D eigenvalue weighted by Gasteiger charge is -2.27. The molecule has 0 bridgehead atoms. The molecule has 17 heavy (non-hydrogen) atoms. The summed E-state index contributed by atoms with van der Waals surface area (Å²) >= 11 is 0. The van der Waals surface area contributed by atoms with Crippen molar-refractivity contribution in [1.29, 1.82) is 0 Å². The van der Waals surface area contributed by atoms with Crippen LogP contribution < -0.4 is 5.32 Å². The van der Waals surface area contributed by atoms with Gasteiger partial charge in [0.25, 0.3) is 0 Å². The van der Waals surface area contributed by atoms with E-state index in [-0.39, 0.29) is 6.61 Å². The first-order valence-corrected chi connectivity index (χ1v) is 6.48. The number of nitrogens with zero attached hydrogens (tertiary/aromatic N) is 1. The van der Waals surface area contributed by atoms with E-state index >= 15 is 0 Å². The van der Waals surface area contributed by atoms with Crippen molar-refractivity contribution >= 4 is 0 Å². The van der Waals surface area contributed by atoms with Crippen molar-refractivity contribution in [1.82, 2.24) is 10.2 Å². The van der Waals surface area contributed by atoms with E-state index in [1.807, 2.05) is 0 Å². The Bertz CT molecular complexity index is 365. The predicted octanol–water partition coefficient (Wildman–Crippen LogP) is 1.15. The zero-order valence-electron chi connectivity index (χ0n) is 10.6. The highest BCUT2D eigenvalue weighted by Crippen LogP contribution is 2.20. The monoisotopic (exact) mass is 234 g/mol. The maximum Gasteiger partial charge on any atom is 0.0556 e. The first-order valence-electron chi connectivity index (χ1n) is 6.48. The van der Waals surface area contributed by atoms with Gasteiger partial charge >= 0.3 is 0 Å². The van der Waals surface area contributed by atoms with Gasteiger partial charge in [0.1, 0.15) is 0 Å². The fourth-order valence-electron chi connectivity index (χ4n) is 2.36. The van der Waals surface area contributed by atoms with Crippen LogP contribution in [0.1, 0.15) is 23.6 Å². The third-order valence-corrected chi connectivity index (χ3v) is 3.43. The van der Waals surface area contributed by atoms with Gasteiger partial charge in [-0.05, 0) is 29.7 Å². The van der Waals surface area contributed by atoms with Crippen LogP contribution in [0.15, 0.2) is 18.2 Å². The lowest BCUT2D eigenvalue weighted by atomic mass is 9.97. The van der Waals surface area contributed by atoms with Gasteiger partial charge in [-0.25, -0.2) is 0 Å². The molecule has 2 rings (SSSR count). The molecule has 0 unspecified atom stereocenters. The summed E-state index contributed by atoms with van der Waals surface area (Å²) in [7, 11) is 0. The minimum Gasteiger partial charge on any atom is -0.395 e. The predicted molar refractivity (Wildman–Crippen MR) is 69.9 cm³/mol. The second kappa shape index (κ2) is 6.15. The molecule has 1 aromatic rings. The summed E-state index contributed by atoms with van der Waals surface area (Å²) in [6.07, 6.45) is 1.16. The molecule has 0 saturated heterocycles. The van der Waals surface area contributed by atoms with Crippen molar-refractivity contribution in [3.63, 3.8) is 0 Å². The van der Waals surface area contributed by atoms with Crippen molar-refractivity contribution in [2.45, 2.75) is 26.4 Å². The molecule has 1 heterocycles. The van der Waals surface area contributed by atoms with Crippen LogP contribution in [0.25, 0.3) is 0 Å². The van der Waals surface area contributed by atoms with Gasteiger partial charge in [-0.1, -0.05) is 25.1 Å². The van der Waals surface area contributed by atoms with Crippen LogP contribution in [0.3, 0.4) is 0 Å². The fourth-order valence-corrected chi connectivity index (χ4v) is 2.36. The fraction of sp³-hybridized carbons (Fsp3) is 0.571. The van der Waals surface area contributed by atoms with Crippen molar-refractivity contribution in [2.24, 2.45) is 0 Å². The summed E-state index contributed by atoms with van der Waals surface area (Å²) < 4.78 is 0. The number of benzene rings is 1. The van der Waals surface area contributed by atoms with Gasteiger partial charge in [-0.15, -0.1) is 0 Å². The normalized spacial score (nSPS) is 15.9. The van der Waals surface area contributed by atoms with E-state index in [2.05, 4.69) is 35.3 Å². The summed E-state index contributed by atoms with van der Waals surface area (Å²) in [6, 6.07) is 6.77. The van der Waals surface area contributed by atoms with Gasteiger partial charge < -0.3 is 10.4 Å². The summed E-state index contributed by atoms with van der Waals surface area (Å²) in [5.74, 6) is 0. The van der Waals surface area contributed by atoms with E-state index in [4.69, 9.17) is 5.11 Å². The van der Waals surface area contributed by atoms with E-state index < -0.39 is 0 Å². The van der Waals surface area contributed by atoms with Gasteiger partial charge in [0.15, 0.2) is 0 Å². The topological polar surface area (TPSA) is 35.5 Å². The van der Waals surface area contributed by atoms with Crippen LogP contribution in [-0.2, 0) is 19.5 Å². The quantitative estimate of drug-likeness (QED) is 0.750. The average molecular weight is 234 g/mol. The van der Waals surface area contributed by atoms with Gasteiger partial charge in [-0.2, -0.15) is 0 Å². The molecule has 0 spiro atoms. The second-order valence-corrected chi connectivity index (χ2v) is 4.62. The number of hydrogen-bond acceptors (Lipinski definition) is 3. The lowest BCUT2D eigenvalue weighted by molar-refractivity contribution is 0.268. The Morgan fingerprint density at radius 3 is 3.00 bits per heavy atom. The molecule has 3 heteroatoms. The highest BCUT2D eigenvalue weighted by atomic mass is 16.3. The smallest absolute Gasteiger partial charge is 0.0556 e. The Hall–Kier alpha value is -0.900. The molecule has 0 aromatic heterocycles. The lowest BCUT2D eigenvalue weighted by Crippen LogP contribution is -2.30. The highest BCUT2D eigenvalue weighted by Gasteiger charge is 2.14. The third kappa shape index (κ3) is 3.28. The van der Waals surface area contributed by atoms with E-state index in [0.717, 1.165) is 26.1 Å². The van der Waals surface area contributed by atoms with Gasteiger partial charge in [-0.3, -0.25) is 4.90 Å². The maximum atomic E-state index is 8.72. The van der Waals surface area contributed by atoms with Crippen molar-refractivity contribution < 1.29 is 5.11 Å². The van der Waals surface area contributed by atoms with E-state index in [0.29, 0.717) is 6.54 Å². The molecule has 1 aromatic carbocycles. The van der Waals surface area contributed by atoms with E-state index in [1.54, 1.807) is 0 Å². The number of aliphatic hydroxyl groups excluding tert-OH is 1. The van der Waals surface area contributed by atoms with Crippen LogP contribution >= 0.6 is 0 Å². The summed E-state index contributed by atoms with van der Waals surface area (Å²) in [5.41, 5.74) is 4.30. The summed E-state index contributed by atoms with van der Waals surface area (Å²) in [5, 5.41) is 11.9. The van der Waals surface area contributed by atoms with Gasteiger partial charge in [0.05, 0.1) is 6.61 Å². The molecular formula is C14H22N2O. The van der Waals surface area contributed by atoms with Gasteiger partial charge in [0.2, 0.25) is 0 Å². The molecule has 0 radical (unpaired) electrons. The highest BCUT2D eigenvalue weighted by molar-refractivity contribution is 5.33. The Kier molecular flexibility index (Phi) is 4.54. The molecule has 0 amide bonds. The molecule has 3 nitrogen and oxygen atoms in total. The Labute approximate surface area is 103 Å². The zero-order chi connectivity index (χ0) is 12.1. The Balaban J connectivity index is 2.00. The van der Waals surface area contributed by atoms with E-state index in [1.165, 1.54) is 23.2 Å². The largest absolute Gasteiger partial charge is 0.395 e. The first-order chi connectivity index (χ1) is 8.33. The third-order valence-electron chi connectivity index (χ3n) is 3.43. The second-order valence-electron chi connectivity index (χ2n) is 4.62. The summed E-state index contributed by atoms with van der Waals surface area (Å²) in [6.45, 7) is 7.35. The SMILES string of the molecule is CCN1CCc2cc(CNCCO)ccc2C1. The number of nitrogens with one attached hydrogen (secondary N) is 1.